The van der Waals surface area contributed by atoms with Gasteiger partial charge in [-0.05, 0) is 35.4 Å². The quantitative estimate of drug-likeness (QED) is 0.778. The van der Waals surface area contributed by atoms with Gasteiger partial charge in [-0.15, -0.1) is 0 Å². The maximum Gasteiger partial charge on any atom is 0.202 e. The van der Waals surface area contributed by atoms with Crippen LogP contribution in [0.3, 0.4) is 0 Å². The molecule has 2 heterocycles. The fraction of sp³-hybridized carbons (Fsp3) is 0.133. The van der Waals surface area contributed by atoms with Crippen molar-refractivity contribution in [3.05, 3.63) is 70.8 Å². The predicted molar refractivity (Wildman–Crippen MR) is 85.7 cm³/mol. The number of aromatic nitrogens is 3. The largest absolute Gasteiger partial charge is 0.356 e. The van der Waals surface area contributed by atoms with Crippen molar-refractivity contribution in [3.8, 4) is 0 Å². The highest BCUT2D eigenvalue weighted by Gasteiger charge is 2.05. The Morgan fingerprint density at radius 3 is 2.52 bits per heavy atom. The lowest BCUT2D eigenvalue weighted by Crippen LogP contribution is -1.99. The molecule has 21 heavy (non-hydrogen) atoms. The molecule has 0 bridgehead atoms. The number of halogens is 1. The normalized spacial score (nSPS) is 10.5. The second-order valence-corrected chi connectivity index (χ2v) is 5.72. The molecule has 0 saturated carbocycles. The third-order valence-corrected chi connectivity index (χ3v) is 3.90. The molecular formula is C15H13ClN4S. The minimum atomic E-state index is 0.713. The number of nitrogens with one attached hydrogen (secondary N) is 1. The highest BCUT2D eigenvalue weighted by molar-refractivity contribution is 7.09. The van der Waals surface area contributed by atoms with Gasteiger partial charge in [0.25, 0.3) is 0 Å². The van der Waals surface area contributed by atoms with E-state index in [1.54, 1.807) is 12.4 Å². The van der Waals surface area contributed by atoms with Gasteiger partial charge in [0.1, 0.15) is 5.82 Å². The van der Waals surface area contributed by atoms with Crippen molar-refractivity contribution in [1.82, 2.24) is 14.3 Å². The molecule has 0 amide bonds. The Labute approximate surface area is 132 Å². The van der Waals surface area contributed by atoms with Crippen LogP contribution in [0.2, 0.25) is 5.02 Å². The number of benzene rings is 1. The summed E-state index contributed by atoms with van der Waals surface area (Å²) in [6.45, 7) is 0.720. The van der Waals surface area contributed by atoms with E-state index in [4.69, 9.17) is 11.6 Å². The molecule has 0 aliphatic heterocycles. The summed E-state index contributed by atoms with van der Waals surface area (Å²) in [5, 5.41) is 4.84. The van der Waals surface area contributed by atoms with E-state index in [0.29, 0.717) is 6.42 Å². The zero-order valence-corrected chi connectivity index (χ0v) is 12.7. The number of pyridine rings is 1. The lowest BCUT2D eigenvalue weighted by Gasteiger charge is -2.01. The van der Waals surface area contributed by atoms with Gasteiger partial charge in [0, 0.05) is 41.9 Å². The fourth-order valence-corrected chi connectivity index (χ4v) is 2.57. The third kappa shape index (κ3) is 4.00. The van der Waals surface area contributed by atoms with Gasteiger partial charge in [-0.3, -0.25) is 4.98 Å². The van der Waals surface area contributed by atoms with E-state index < -0.39 is 0 Å². The second kappa shape index (κ2) is 6.65. The number of nitrogens with zero attached hydrogens (tertiary/aromatic N) is 3. The molecule has 0 unspecified atom stereocenters. The van der Waals surface area contributed by atoms with Gasteiger partial charge in [-0.1, -0.05) is 23.7 Å². The number of hydrogen-bond donors (Lipinski definition) is 1. The molecule has 3 rings (SSSR count). The number of anilines is 1. The first-order valence-corrected chi connectivity index (χ1v) is 7.64. The van der Waals surface area contributed by atoms with Crippen LogP contribution in [-0.2, 0) is 13.0 Å². The molecule has 0 aliphatic rings. The zero-order chi connectivity index (χ0) is 14.5. The van der Waals surface area contributed by atoms with E-state index in [1.165, 1.54) is 17.1 Å². The maximum atomic E-state index is 5.87. The third-order valence-electron chi connectivity index (χ3n) is 2.94. The lowest BCUT2D eigenvalue weighted by molar-refractivity contribution is 1.02. The number of hydrogen-bond acceptors (Lipinski definition) is 5. The molecule has 4 nitrogen and oxygen atoms in total. The minimum absolute atomic E-state index is 0.713. The van der Waals surface area contributed by atoms with Crippen LogP contribution >= 0.6 is 23.1 Å². The van der Waals surface area contributed by atoms with Crippen LogP contribution in [0.25, 0.3) is 0 Å². The van der Waals surface area contributed by atoms with E-state index in [2.05, 4.69) is 19.7 Å². The molecular weight excluding hydrogens is 304 g/mol. The molecule has 6 heteroatoms. The Bertz CT molecular complexity index is 697. The molecule has 0 radical (unpaired) electrons. The Balaban J connectivity index is 1.59. The summed E-state index contributed by atoms with van der Waals surface area (Å²) in [7, 11) is 0. The van der Waals surface area contributed by atoms with Gasteiger partial charge < -0.3 is 5.32 Å². The zero-order valence-electron chi connectivity index (χ0n) is 11.2. The molecule has 0 saturated heterocycles. The smallest absolute Gasteiger partial charge is 0.202 e. The summed E-state index contributed by atoms with van der Waals surface area (Å²) in [6.07, 6.45) is 4.27. The Morgan fingerprint density at radius 1 is 1.00 bits per heavy atom. The highest BCUT2D eigenvalue weighted by Crippen LogP contribution is 2.16. The monoisotopic (exact) mass is 316 g/mol. The summed E-state index contributed by atoms with van der Waals surface area (Å²) in [4.78, 5) is 8.49. The Morgan fingerprint density at radius 2 is 1.76 bits per heavy atom. The second-order valence-electron chi connectivity index (χ2n) is 4.53. The van der Waals surface area contributed by atoms with Crippen molar-refractivity contribution in [2.75, 3.05) is 5.32 Å². The first-order valence-electron chi connectivity index (χ1n) is 6.49. The lowest BCUT2D eigenvalue weighted by atomic mass is 10.1. The summed E-state index contributed by atoms with van der Waals surface area (Å²) in [5.74, 6) is 0.819. The van der Waals surface area contributed by atoms with Crippen molar-refractivity contribution in [3.63, 3.8) is 0 Å². The summed E-state index contributed by atoms with van der Waals surface area (Å²) in [5.41, 5.74) is 2.32. The fourth-order valence-electron chi connectivity index (χ4n) is 1.86. The van der Waals surface area contributed by atoms with Gasteiger partial charge in [-0.2, -0.15) is 4.37 Å². The molecule has 1 aromatic carbocycles. The molecule has 0 fully saturated rings. The van der Waals surface area contributed by atoms with Crippen molar-refractivity contribution in [1.29, 1.82) is 0 Å². The van der Waals surface area contributed by atoms with Crippen molar-refractivity contribution < 1.29 is 0 Å². The number of rotatable bonds is 5. The van der Waals surface area contributed by atoms with Gasteiger partial charge in [0.15, 0.2) is 0 Å². The van der Waals surface area contributed by atoms with Crippen LogP contribution in [0.1, 0.15) is 17.0 Å². The molecule has 1 N–H and O–H groups in total. The first-order chi connectivity index (χ1) is 10.3. The Kier molecular flexibility index (Phi) is 4.43. The van der Waals surface area contributed by atoms with E-state index in [1.807, 2.05) is 36.4 Å². The average molecular weight is 317 g/mol. The van der Waals surface area contributed by atoms with Crippen molar-refractivity contribution in [2.45, 2.75) is 13.0 Å². The van der Waals surface area contributed by atoms with E-state index in [0.717, 1.165) is 28.1 Å². The Hall–Kier alpha value is -1.98. The molecule has 0 atom stereocenters. The van der Waals surface area contributed by atoms with Crippen LogP contribution < -0.4 is 5.32 Å². The van der Waals surface area contributed by atoms with Crippen LogP contribution in [0.15, 0.2) is 48.8 Å². The molecule has 3 aromatic rings. The first kappa shape index (κ1) is 14.0. The van der Waals surface area contributed by atoms with Crippen molar-refractivity contribution in [2.24, 2.45) is 0 Å². The molecule has 106 valence electrons. The van der Waals surface area contributed by atoms with Crippen LogP contribution in [0, 0.1) is 0 Å². The predicted octanol–water partition coefficient (Wildman–Crippen LogP) is 3.79. The van der Waals surface area contributed by atoms with Crippen LogP contribution in [0.5, 0.6) is 0 Å². The van der Waals surface area contributed by atoms with E-state index in [9.17, 15) is 0 Å². The highest BCUT2D eigenvalue weighted by atomic mass is 35.5. The molecule has 0 spiro atoms. The molecule has 0 aliphatic carbocycles. The van der Waals surface area contributed by atoms with Gasteiger partial charge >= 0.3 is 0 Å². The topological polar surface area (TPSA) is 50.7 Å². The summed E-state index contributed by atoms with van der Waals surface area (Å²) < 4.78 is 4.37. The van der Waals surface area contributed by atoms with Gasteiger partial charge in [-0.25, -0.2) is 4.98 Å². The van der Waals surface area contributed by atoms with E-state index >= 15 is 0 Å². The van der Waals surface area contributed by atoms with Crippen LogP contribution in [-0.4, -0.2) is 14.3 Å². The molecule has 2 aromatic heterocycles. The van der Waals surface area contributed by atoms with E-state index in [-0.39, 0.29) is 0 Å². The van der Waals surface area contributed by atoms with Crippen LogP contribution in [0.4, 0.5) is 5.13 Å². The maximum absolute atomic E-state index is 5.87. The van der Waals surface area contributed by atoms with Crippen molar-refractivity contribution >= 4 is 28.3 Å². The average Bonchev–Trinajstić information content (AvgIpc) is 2.96. The van der Waals surface area contributed by atoms with Gasteiger partial charge in [0.05, 0.1) is 0 Å². The summed E-state index contributed by atoms with van der Waals surface area (Å²) in [6, 6.07) is 11.7. The minimum Gasteiger partial charge on any atom is -0.356 e. The SMILES string of the molecule is Clc1ccc(Cc2nsc(NCc3ccncc3)n2)cc1. The standard InChI is InChI=1S/C15H13ClN4S/c16-13-3-1-11(2-4-13)9-14-19-15(21-20-14)18-10-12-5-7-17-8-6-12/h1-8H,9-10H2,(H,18,19,20). The van der Waals surface area contributed by atoms with Gasteiger partial charge in [0.2, 0.25) is 5.13 Å². The summed E-state index contributed by atoms with van der Waals surface area (Å²) >= 11 is 7.25.